The number of nitrogens with zero attached hydrogens (tertiary/aromatic N) is 2. The van der Waals surface area contributed by atoms with Gasteiger partial charge in [-0.3, -0.25) is 4.79 Å². The highest BCUT2D eigenvalue weighted by atomic mass is 19.2. The number of carbonyl (C=O) groups is 1. The lowest BCUT2D eigenvalue weighted by atomic mass is 10.2. The Bertz CT molecular complexity index is 974. The van der Waals surface area contributed by atoms with Gasteiger partial charge < -0.3 is 18.8 Å². The Morgan fingerprint density at radius 1 is 1.21 bits per heavy atom. The maximum atomic E-state index is 13.6. The predicted octanol–water partition coefficient (Wildman–Crippen LogP) is 3.81. The lowest BCUT2D eigenvalue weighted by Crippen LogP contribution is -2.26. The molecule has 2 aromatic carbocycles. The second-order valence-electron chi connectivity index (χ2n) is 5.98. The Morgan fingerprint density at radius 3 is 2.79 bits per heavy atom. The zero-order valence-electron chi connectivity index (χ0n) is 15.3. The summed E-state index contributed by atoms with van der Waals surface area (Å²) in [6.07, 6.45) is 1.20. The SMILES string of the molecule is COc1cccc(CN(C)C(=O)c2coc(COc3cccc(F)c3F)n2)c1. The highest BCUT2D eigenvalue weighted by molar-refractivity contribution is 5.91. The summed E-state index contributed by atoms with van der Waals surface area (Å²) in [5.41, 5.74) is 0.979. The maximum absolute atomic E-state index is 13.6. The van der Waals surface area contributed by atoms with Crippen LogP contribution in [0.2, 0.25) is 0 Å². The Labute approximate surface area is 160 Å². The van der Waals surface area contributed by atoms with E-state index in [1.165, 1.54) is 23.3 Å². The first-order valence-corrected chi connectivity index (χ1v) is 8.37. The summed E-state index contributed by atoms with van der Waals surface area (Å²) in [4.78, 5) is 18.0. The van der Waals surface area contributed by atoms with Crippen LogP contribution in [0.3, 0.4) is 0 Å². The molecule has 0 atom stereocenters. The fourth-order valence-electron chi connectivity index (χ4n) is 2.52. The number of methoxy groups -OCH3 is 1. The number of aromatic nitrogens is 1. The number of amides is 1. The minimum atomic E-state index is -1.09. The molecule has 1 amide bonds. The zero-order chi connectivity index (χ0) is 20.1. The molecule has 28 heavy (non-hydrogen) atoms. The zero-order valence-corrected chi connectivity index (χ0v) is 15.3. The Morgan fingerprint density at radius 2 is 2.00 bits per heavy atom. The topological polar surface area (TPSA) is 64.8 Å². The second-order valence-corrected chi connectivity index (χ2v) is 5.98. The molecule has 0 aliphatic heterocycles. The van der Waals surface area contributed by atoms with Gasteiger partial charge in [0.25, 0.3) is 5.91 Å². The highest BCUT2D eigenvalue weighted by Gasteiger charge is 2.18. The maximum Gasteiger partial charge on any atom is 0.275 e. The van der Waals surface area contributed by atoms with Crippen LogP contribution in [0.15, 0.2) is 53.1 Å². The van der Waals surface area contributed by atoms with E-state index in [1.54, 1.807) is 14.2 Å². The van der Waals surface area contributed by atoms with Crippen LogP contribution in [-0.2, 0) is 13.2 Å². The molecule has 0 unspecified atom stereocenters. The van der Waals surface area contributed by atoms with Crippen molar-refractivity contribution in [3.05, 3.63) is 77.5 Å². The molecule has 0 saturated carbocycles. The average molecular weight is 388 g/mol. The molecule has 0 spiro atoms. The number of ether oxygens (including phenoxy) is 2. The number of halogens is 2. The number of benzene rings is 2. The molecule has 8 heteroatoms. The average Bonchev–Trinajstić information content (AvgIpc) is 3.17. The van der Waals surface area contributed by atoms with Crippen molar-refractivity contribution < 1.29 is 27.5 Å². The fourth-order valence-corrected chi connectivity index (χ4v) is 2.52. The molecule has 3 aromatic rings. The van der Waals surface area contributed by atoms with E-state index in [0.29, 0.717) is 12.3 Å². The summed E-state index contributed by atoms with van der Waals surface area (Å²) in [7, 11) is 3.21. The van der Waals surface area contributed by atoms with Gasteiger partial charge in [0.2, 0.25) is 11.7 Å². The van der Waals surface area contributed by atoms with E-state index in [4.69, 9.17) is 13.9 Å². The van der Waals surface area contributed by atoms with Crippen LogP contribution in [0.4, 0.5) is 8.78 Å². The number of rotatable bonds is 7. The van der Waals surface area contributed by atoms with Gasteiger partial charge in [0.05, 0.1) is 7.11 Å². The third-order valence-corrected chi connectivity index (χ3v) is 3.94. The summed E-state index contributed by atoms with van der Waals surface area (Å²) in [6.45, 7) is 0.108. The first-order chi connectivity index (χ1) is 13.5. The molecule has 0 radical (unpaired) electrons. The summed E-state index contributed by atoms with van der Waals surface area (Å²) in [6, 6.07) is 11.0. The fraction of sp³-hybridized carbons (Fsp3) is 0.200. The van der Waals surface area contributed by atoms with Crippen molar-refractivity contribution >= 4 is 5.91 Å². The van der Waals surface area contributed by atoms with Crippen LogP contribution < -0.4 is 9.47 Å². The number of hydrogen-bond donors (Lipinski definition) is 0. The number of oxazole rings is 1. The van der Waals surface area contributed by atoms with Gasteiger partial charge in [-0.2, -0.15) is 4.39 Å². The molecule has 6 nitrogen and oxygen atoms in total. The predicted molar refractivity (Wildman–Crippen MR) is 96.0 cm³/mol. The van der Waals surface area contributed by atoms with E-state index in [1.807, 2.05) is 24.3 Å². The van der Waals surface area contributed by atoms with E-state index >= 15 is 0 Å². The van der Waals surface area contributed by atoms with Crippen molar-refractivity contribution in [3.8, 4) is 11.5 Å². The van der Waals surface area contributed by atoms with E-state index < -0.39 is 11.6 Å². The van der Waals surface area contributed by atoms with Crippen LogP contribution in [0, 0.1) is 11.6 Å². The van der Waals surface area contributed by atoms with E-state index in [-0.39, 0.29) is 29.8 Å². The molecule has 0 bridgehead atoms. The quantitative estimate of drug-likeness (QED) is 0.616. The molecule has 1 aromatic heterocycles. The van der Waals surface area contributed by atoms with Crippen LogP contribution in [0.1, 0.15) is 21.9 Å². The lowest BCUT2D eigenvalue weighted by Gasteiger charge is -2.16. The van der Waals surface area contributed by atoms with Crippen molar-refractivity contribution in [2.45, 2.75) is 13.2 Å². The van der Waals surface area contributed by atoms with Crippen LogP contribution in [-0.4, -0.2) is 29.9 Å². The number of carbonyl (C=O) groups excluding carboxylic acids is 1. The van der Waals surface area contributed by atoms with Crippen LogP contribution >= 0.6 is 0 Å². The van der Waals surface area contributed by atoms with Crippen molar-refractivity contribution in [1.29, 1.82) is 0 Å². The van der Waals surface area contributed by atoms with Gasteiger partial charge >= 0.3 is 0 Å². The second kappa shape index (κ2) is 8.51. The summed E-state index contributed by atoms with van der Waals surface area (Å²) in [5, 5.41) is 0. The van der Waals surface area contributed by atoms with Crippen molar-refractivity contribution in [2.75, 3.05) is 14.2 Å². The third-order valence-electron chi connectivity index (χ3n) is 3.94. The molecule has 0 aliphatic carbocycles. The molecule has 0 saturated heterocycles. The standard InChI is InChI=1S/C20H18F2N2O4/c1-24(10-13-5-3-6-14(9-13)26-2)20(25)16-11-28-18(23-16)12-27-17-8-4-7-15(21)19(17)22/h3-9,11H,10,12H2,1-2H3. The highest BCUT2D eigenvalue weighted by Crippen LogP contribution is 2.20. The van der Waals surface area contributed by atoms with Crippen molar-refractivity contribution in [1.82, 2.24) is 9.88 Å². The van der Waals surface area contributed by atoms with Crippen molar-refractivity contribution in [2.24, 2.45) is 0 Å². The summed E-state index contributed by atoms with van der Waals surface area (Å²) >= 11 is 0. The van der Waals surface area contributed by atoms with E-state index in [9.17, 15) is 13.6 Å². The van der Waals surface area contributed by atoms with Crippen molar-refractivity contribution in [3.63, 3.8) is 0 Å². The smallest absolute Gasteiger partial charge is 0.275 e. The summed E-state index contributed by atoms with van der Waals surface area (Å²) in [5.74, 6) is -1.95. The minimum Gasteiger partial charge on any atom is -0.497 e. The first-order valence-electron chi connectivity index (χ1n) is 8.37. The van der Waals surface area contributed by atoms with Gasteiger partial charge in [0, 0.05) is 13.6 Å². The van der Waals surface area contributed by atoms with E-state index in [2.05, 4.69) is 4.98 Å². The third kappa shape index (κ3) is 4.46. The van der Waals surface area contributed by atoms with Gasteiger partial charge in [-0.1, -0.05) is 18.2 Å². The largest absolute Gasteiger partial charge is 0.497 e. The van der Waals surface area contributed by atoms with Gasteiger partial charge in [-0.05, 0) is 29.8 Å². The molecule has 146 valence electrons. The Hall–Kier alpha value is -3.42. The normalized spacial score (nSPS) is 10.6. The molecule has 0 fully saturated rings. The van der Waals surface area contributed by atoms with Gasteiger partial charge in [-0.25, -0.2) is 9.37 Å². The Kier molecular flexibility index (Phi) is 5.88. The Balaban J connectivity index is 1.62. The summed E-state index contributed by atoms with van der Waals surface area (Å²) < 4.78 is 42.3. The minimum absolute atomic E-state index is 0.0711. The molecule has 0 N–H and O–H groups in total. The monoisotopic (exact) mass is 388 g/mol. The molecule has 1 heterocycles. The van der Waals surface area contributed by atoms with E-state index in [0.717, 1.165) is 11.6 Å². The van der Waals surface area contributed by atoms with Gasteiger partial charge in [0.15, 0.2) is 23.9 Å². The molecular weight excluding hydrogens is 370 g/mol. The first kappa shape index (κ1) is 19.3. The van der Waals surface area contributed by atoms with Crippen LogP contribution in [0.25, 0.3) is 0 Å². The number of hydrogen-bond acceptors (Lipinski definition) is 5. The van der Waals surface area contributed by atoms with Gasteiger partial charge in [-0.15, -0.1) is 0 Å². The van der Waals surface area contributed by atoms with Gasteiger partial charge in [0.1, 0.15) is 12.0 Å². The molecule has 3 rings (SSSR count). The molecule has 0 aliphatic rings. The van der Waals surface area contributed by atoms with Crippen LogP contribution in [0.5, 0.6) is 11.5 Å². The molecular formula is C20H18F2N2O4. The lowest BCUT2D eigenvalue weighted by molar-refractivity contribution is 0.0779.